The van der Waals surface area contributed by atoms with E-state index in [0.29, 0.717) is 30.6 Å². The van der Waals surface area contributed by atoms with E-state index in [2.05, 4.69) is 20.8 Å². The molecule has 0 unspecified atom stereocenters. The van der Waals surface area contributed by atoms with Crippen molar-refractivity contribution in [2.45, 2.75) is 34.1 Å². The Morgan fingerprint density at radius 3 is 2.59 bits per heavy atom. The van der Waals surface area contributed by atoms with Gasteiger partial charge >= 0.3 is 0 Å². The van der Waals surface area contributed by atoms with Crippen LogP contribution in [-0.4, -0.2) is 37.9 Å². The van der Waals surface area contributed by atoms with Crippen LogP contribution in [0.5, 0.6) is 11.5 Å². The number of rotatable bonds is 8. The standard InChI is InChI=1S/C19H28N4O3.HI/c1-6-20-19(21-11-10-16-13(3)23-26-14(16)4)22-15-8-9-17(24-5)18(12-15)25-7-2;/h8-9,12H,6-7,10-11H2,1-5H3,(H2,20,21,22);1H. The molecule has 27 heavy (non-hydrogen) atoms. The minimum absolute atomic E-state index is 0. The van der Waals surface area contributed by atoms with Gasteiger partial charge in [-0.1, -0.05) is 5.16 Å². The summed E-state index contributed by atoms with van der Waals surface area (Å²) in [6, 6.07) is 5.72. The topological polar surface area (TPSA) is 80.9 Å². The van der Waals surface area contributed by atoms with Gasteiger partial charge in [0.25, 0.3) is 0 Å². The molecule has 150 valence electrons. The van der Waals surface area contributed by atoms with Crippen molar-refractivity contribution >= 4 is 35.6 Å². The number of aliphatic imine (C=N–C) groups is 1. The molecule has 7 nitrogen and oxygen atoms in total. The van der Waals surface area contributed by atoms with Gasteiger partial charge in [-0.25, -0.2) is 0 Å². The number of hydrogen-bond acceptors (Lipinski definition) is 5. The molecule has 2 aromatic rings. The molecular formula is C19H29IN4O3. The molecule has 0 saturated carbocycles. The van der Waals surface area contributed by atoms with Gasteiger partial charge in [-0.3, -0.25) is 4.99 Å². The molecule has 0 bridgehead atoms. The zero-order chi connectivity index (χ0) is 18.9. The quantitative estimate of drug-likeness (QED) is 0.333. The first-order valence-electron chi connectivity index (χ1n) is 8.86. The van der Waals surface area contributed by atoms with Gasteiger partial charge in [0.2, 0.25) is 0 Å². The number of nitrogens with zero attached hydrogens (tertiary/aromatic N) is 2. The maximum atomic E-state index is 5.62. The molecule has 0 amide bonds. The van der Waals surface area contributed by atoms with Crippen LogP contribution in [0.4, 0.5) is 5.69 Å². The van der Waals surface area contributed by atoms with Crippen LogP contribution >= 0.6 is 24.0 Å². The van der Waals surface area contributed by atoms with E-state index in [0.717, 1.165) is 35.7 Å². The number of halogens is 1. The maximum absolute atomic E-state index is 5.62. The van der Waals surface area contributed by atoms with Crippen molar-refractivity contribution < 1.29 is 14.0 Å². The minimum atomic E-state index is 0. The van der Waals surface area contributed by atoms with Crippen LogP contribution in [0.1, 0.15) is 30.9 Å². The fourth-order valence-corrected chi connectivity index (χ4v) is 2.60. The van der Waals surface area contributed by atoms with Crippen LogP contribution in [0.2, 0.25) is 0 Å². The van der Waals surface area contributed by atoms with E-state index in [1.54, 1.807) is 7.11 Å². The molecule has 2 rings (SSSR count). The fraction of sp³-hybridized carbons (Fsp3) is 0.474. The number of guanidine groups is 1. The van der Waals surface area contributed by atoms with E-state index in [9.17, 15) is 0 Å². The van der Waals surface area contributed by atoms with E-state index >= 15 is 0 Å². The molecule has 8 heteroatoms. The largest absolute Gasteiger partial charge is 0.493 e. The lowest BCUT2D eigenvalue weighted by Crippen LogP contribution is -2.31. The van der Waals surface area contributed by atoms with Gasteiger partial charge in [0.05, 0.1) is 19.4 Å². The lowest BCUT2D eigenvalue weighted by atomic mass is 10.1. The number of aryl methyl sites for hydroxylation is 2. The molecule has 0 aliphatic carbocycles. The number of aromatic nitrogens is 1. The number of nitrogens with one attached hydrogen (secondary N) is 2. The summed E-state index contributed by atoms with van der Waals surface area (Å²) >= 11 is 0. The van der Waals surface area contributed by atoms with Crippen molar-refractivity contribution in [2.24, 2.45) is 4.99 Å². The predicted molar refractivity (Wildman–Crippen MR) is 119 cm³/mol. The van der Waals surface area contributed by atoms with E-state index in [1.807, 2.05) is 45.9 Å². The first kappa shape index (κ1) is 23.1. The third-order valence-electron chi connectivity index (χ3n) is 3.88. The van der Waals surface area contributed by atoms with Crippen LogP contribution in [0.3, 0.4) is 0 Å². The van der Waals surface area contributed by atoms with Crippen molar-refractivity contribution in [1.82, 2.24) is 10.5 Å². The van der Waals surface area contributed by atoms with Crippen LogP contribution in [0, 0.1) is 13.8 Å². The second-order valence-electron chi connectivity index (χ2n) is 5.74. The van der Waals surface area contributed by atoms with Crippen molar-refractivity contribution in [3.05, 3.63) is 35.2 Å². The van der Waals surface area contributed by atoms with E-state index in [1.165, 1.54) is 0 Å². The summed E-state index contributed by atoms with van der Waals surface area (Å²) in [6.45, 7) is 9.83. The number of benzene rings is 1. The van der Waals surface area contributed by atoms with Gasteiger partial charge < -0.3 is 24.6 Å². The Bertz CT molecular complexity index is 727. The third-order valence-corrected chi connectivity index (χ3v) is 3.88. The summed E-state index contributed by atoms with van der Waals surface area (Å²) in [4.78, 5) is 4.64. The van der Waals surface area contributed by atoms with Crippen LogP contribution in [0.25, 0.3) is 0 Å². The van der Waals surface area contributed by atoms with Crippen molar-refractivity contribution in [3.8, 4) is 11.5 Å². The molecule has 0 aliphatic heterocycles. The molecule has 2 N–H and O–H groups in total. The molecule has 1 heterocycles. The average Bonchev–Trinajstić information content (AvgIpc) is 2.94. The molecule has 0 radical (unpaired) electrons. The SMILES string of the molecule is CCNC(=NCCc1c(C)noc1C)Nc1ccc(OC)c(OCC)c1.I. The van der Waals surface area contributed by atoms with Gasteiger partial charge in [0.1, 0.15) is 5.76 Å². The summed E-state index contributed by atoms with van der Waals surface area (Å²) in [6.07, 6.45) is 0.782. The van der Waals surface area contributed by atoms with Gasteiger partial charge in [0.15, 0.2) is 17.5 Å². The normalized spacial score (nSPS) is 10.9. The molecule has 1 aromatic carbocycles. The Morgan fingerprint density at radius 1 is 1.22 bits per heavy atom. The van der Waals surface area contributed by atoms with Gasteiger partial charge in [-0.2, -0.15) is 0 Å². The fourth-order valence-electron chi connectivity index (χ4n) is 2.60. The lowest BCUT2D eigenvalue weighted by Gasteiger charge is -2.14. The third kappa shape index (κ3) is 6.60. The zero-order valence-corrected chi connectivity index (χ0v) is 18.9. The Hall–Kier alpha value is -1.97. The van der Waals surface area contributed by atoms with E-state index in [4.69, 9.17) is 14.0 Å². The molecule has 0 fully saturated rings. The van der Waals surface area contributed by atoms with Crippen molar-refractivity contribution in [2.75, 3.05) is 32.1 Å². The summed E-state index contributed by atoms with van der Waals surface area (Å²) < 4.78 is 16.1. The minimum Gasteiger partial charge on any atom is -0.493 e. The highest BCUT2D eigenvalue weighted by Gasteiger charge is 2.09. The maximum Gasteiger partial charge on any atom is 0.195 e. The summed E-state index contributed by atoms with van der Waals surface area (Å²) in [5, 5.41) is 10.5. The number of anilines is 1. The second kappa shape index (κ2) is 11.7. The molecule has 0 aliphatic rings. The van der Waals surface area contributed by atoms with Crippen molar-refractivity contribution in [1.29, 1.82) is 0 Å². The summed E-state index contributed by atoms with van der Waals surface area (Å²) in [7, 11) is 1.63. The monoisotopic (exact) mass is 488 g/mol. The predicted octanol–water partition coefficient (Wildman–Crippen LogP) is 3.94. The second-order valence-corrected chi connectivity index (χ2v) is 5.74. The number of hydrogen-bond donors (Lipinski definition) is 2. The van der Waals surface area contributed by atoms with Gasteiger partial charge in [0, 0.05) is 30.4 Å². The smallest absolute Gasteiger partial charge is 0.195 e. The van der Waals surface area contributed by atoms with Crippen LogP contribution < -0.4 is 20.1 Å². The number of ether oxygens (including phenoxy) is 2. The highest BCUT2D eigenvalue weighted by atomic mass is 127. The number of methoxy groups -OCH3 is 1. The van der Waals surface area contributed by atoms with Crippen LogP contribution in [-0.2, 0) is 6.42 Å². The summed E-state index contributed by atoms with van der Waals surface area (Å²) in [5.74, 6) is 2.98. The van der Waals surface area contributed by atoms with Crippen molar-refractivity contribution in [3.63, 3.8) is 0 Å². The Morgan fingerprint density at radius 2 is 2.00 bits per heavy atom. The Balaban J connectivity index is 0.00000364. The average molecular weight is 488 g/mol. The molecule has 1 aromatic heterocycles. The Kier molecular flexibility index (Phi) is 9.98. The lowest BCUT2D eigenvalue weighted by molar-refractivity contribution is 0.311. The first-order chi connectivity index (χ1) is 12.6. The van der Waals surface area contributed by atoms with Crippen LogP contribution in [0.15, 0.2) is 27.7 Å². The summed E-state index contributed by atoms with van der Waals surface area (Å²) in [5.41, 5.74) is 2.92. The highest BCUT2D eigenvalue weighted by molar-refractivity contribution is 14.0. The van der Waals surface area contributed by atoms with Gasteiger partial charge in [-0.05, 0) is 46.2 Å². The molecule has 0 spiro atoms. The first-order valence-corrected chi connectivity index (χ1v) is 8.86. The zero-order valence-electron chi connectivity index (χ0n) is 16.6. The highest BCUT2D eigenvalue weighted by Crippen LogP contribution is 2.30. The van der Waals surface area contributed by atoms with E-state index in [-0.39, 0.29) is 24.0 Å². The Labute approximate surface area is 177 Å². The molecular weight excluding hydrogens is 459 g/mol. The molecule has 0 saturated heterocycles. The van der Waals surface area contributed by atoms with Gasteiger partial charge in [-0.15, -0.1) is 24.0 Å². The molecule has 0 atom stereocenters. The van der Waals surface area contributed by atoms with E-state index < -0.39 is 0 Å².